The Labute approximate surface area is 173 Å². The molecule has 3 N–H and O–H groups in total. The maximum Gasteiger partial charge on any atom is 0.277 e. The molecule has 1 unspecified atom stereocenters. The molecule has 3 aromatic carbocycles. The van der Waals surface area contributed by atoms with E-state index in [4.69, 9.17) is 4.99 Å². The predicted octanol–water partition coefficient (Wildman–Crippen LogP) is 4.09. The molecule has 0 bridgehead atoms. The number of aromatic amines is 1. The lowest BCUT2D eigenvalue weighted by atomic mass is 9.99. The molecular formula is C24H21N3O3. The smallest absolute Gasteiger partial charge is 0.277 e. The van der Waals surface area contributed by atoms with Crippen LogP contribution >= 0.6 is 0 Å². The van der Waals surface area contributed by atoms with Gasteiger partial charge in [0, 0.05) is 11.9 Å². The van der Waals surface area contributed by atoms with Crippen LogP contribution in [0.2, 0.25) is 0 Å². The van der Waals surface area contributed by atoms with E-state index in [1.165, 1.54) is 4.68 Å². The summed E-state index contributed by atoms with van der Waals surface area (Å²) in [5, 5.41) is 22.3. The highest BCUT2D eigenvalue weighted by Gasteiger charge is 2.23. The number of phenolic OH excluding ortho intramolecular Hbond substituents is 2. The Balaban J connectivity index is 1.82. The van der Waals surface area contributed by atoms with Crippen LogP contribution in [-0.2, 0) is 0 Å². The Kier molecular flexibility index (Phi) is 5.22. The van der Waals surface area contributed by atoms with Crippen molar-refractivity contribution in [2.75, 3.05) is 0 Å². The molecular weight excluding hydrogens is 378 g/mol. The van der Waals surface area contributed by atoms with Crippen LogP contribution in [-0.4, -0.2) is 26.2 Å². The Morgan fingerprint density at radius 2 is 1.50 bits per heavy atom. The minimum atomic E-state index is -0.562. The lowest BCUT2D eigenvalue weighted by Crippen LogP contribution is -2.19. The van der Waals surface area contributed by atoms with E-state index in [1.807, 2.05) is 37.3 Å². The fourth-order valence-corrected chi connectivity index (χ4v) is 3.35. The quantitative estimate of drug-likeness (QED) is 0.442. The average Bonchev–Trinajstić information content (AvgIpc) is 3.06. The second-order valence-electron chi connectivity index (χ2n) is 6.99. The van der Waals surface area contributed by atoms with Gasteiger partial charge in [-0.05, 0) is 66.6 Å². The van der Waals surface area contributed by atoms with Gasteiger partial charge in [-0.3, -0.25) is 14.9 Å². The molecule has 0 spiro atoms. The van der Waals surface area contributed by atoms with Crippen molar-refractivity contribution in [1.29, 1.82) is 0 Å². The predicted molar refractivity (Wildman–Crippen MR) is 117 cm³/mol. The van der Waals surface area contributed by atoms with Gasteiger partial charge in [0.2, 0.25) is 0 Å². The number of phenols is 2. The summed E-state index contributed by atoms with van der Waals surface area (Å²) in [5.41, 5.74) is 3.38. The maximum atomic E-state index is 13.3. The molecule has 6 heteroatoms. The van der Waals surface area contributed by atoms with Crippen LogP contribution in [0.15, 0.2) is 88.6 Å². The zero-order chi connectivity index (χ0) is 21.1. The third-order valence-corrected chi connectivity index (χ3v) is 4.88. The first-order chi connectivity index (χ1) is 14.5. The summed E-state index contributed by atoms with van der Waals surface area (Å²) in [6, 6.07) is 22.1. The molecule has 0 aliphatic carbocycles. The summed E-state index contributed by atoms with van der Waals surface area (Å²) in [7, 11) is 0. The highest BCUT2D eigenvalue weighted by atomic mass is 16.3. The van der Waals surface area contributed by atoms with Gasteiger partial charge in [0.1, 0.15) is 17.5 Å². The molecule has 1 heterocycles. The maximum absolute atomic E-state index is 13.3. The van der Waals surface area contributed by atoms with Gasteiger partial charge < -0.3 is 10.2 Å². The monoisotopic (exact) mass is 399 g/mol. The number of aliphatic imine (C=N–C) groups is 1. The van der Waals surface area contributed by atoms with Gasteiger partial charge in [-0.25, -0.2) is 4.68 Å². The Morgan fingerprint density at radius 1 is 0.900 bits per heavy atom. The van der Waals surface area contributed by atoms with Crippen LogP contribution in [0.25, 0.3) is 5.69 Å². The number of benzene rings is 3. The molecule has 150 valence electrons. The molecule has 0 radical (unpaired) electrons. The van der Waals surface area contributed by atoms with Crippen LogP contribution in [0.3, 0.4) is 0 Å². The van der Waals surface area contributed by atoms with Crippen LogP contribution in [0.5, 0.6) is 11.5 Å². The molecule has 4 aromatic rings. The molecule has 0 saturated heterocycles. The topological polar surface area (TPSA) is 90.6 Å². The van der Waals surface area contributed by atoms with Crippen molar-refractivity contribution in [3.63, 3.8) is 0 Å². The van der Waals surface area contributed by atoms with E-state index in [-0.39, 0.29) is 17.1 Å². The number of nitrogens with one attached hydrogen (secondary N) is 1. The van der Waals surface area contributed by atoms with Crippen molar-refractivity contribution in [3.8, 4) is 17.2 Å². The van der Waals surface area contributed by atoms with Gasteiger partial charge in [0.05, 0.1) is 11.3 Å². The number of hydrogen-bond acceptors (Lipinski definition) is 4. The molecule has 6 nitrogen and oxygen atoms in total. The van der Waals surface area contributed by atoms with E-state index < -0.39 is 6.04 Å². The van der Waals surface area contributed by atoms with Crippen molar-refractivity contribution in [2.24, 2.45) is 4.99 Å². The minimum absolute atomic E-state index is 0.146. The normalized spacial score (nSPS) is 12.3. The number of para-hydroxylation sites is 1. The molecule has 0 amide bonds. The fourth-order valence-electron chi connectivity index (χ4n) is 3.35. The summed E-state index contributed by atoms with van der Waals surface area (Å²) < 4.78 is 1.51. The molecule has 1 aromatic heterocycles. The number of aromatic nitrogens is 2. The van der Waals surface area contributed by atoms with E-state index in [0.29, 0.717) is 11.3 Å². The van der Waals surface area contributed by atoms with Gasteiger partial charge >= 0.3 is 0 Å². The van der Waals surface area contributed by atoms with E-state index >= 15 is 0 Å². The van der Waals surface area contributed by atoms with Crippen LogP contribution < -0.4 is 5.56 Å². The summed E-state index contributed by atoms with van der Waals surface area (Å²) in [4.78, 5) is 18.0. The first kappa shape index (κ1) is 19.3. The summed E-state index contributed by atoms with van der Waals surface area (Å²) in [6.07, 6.45) is 1.68. The lowest BCUT2D eigenvalue weighted by Gasteiger charge is -2.12. The van der Waals surface area contributed by atoms with Gasteiger partial charge in [0.15, 0.2) is 0 Å². The molecule has 1 atom stereocenters. The zero-order valence-electron chi connectivity index (χ0n) is 16.4. The van der Waals surface area contributed by atoms with Crippen molar-refractivity contribution >= 4 is 6.21 Å². The Bertz CT molecular complexity index is 1220. The number of aromatic hydroxyl groups is 2. The van der Waals surface area contributed by atoms with Crippen molar-refractivity contribution < 1.29 is 10.2 Å². The van der Waals surface area contributed by atoms with Crippen LogP contribution in [0.4, 0.5) is 0 Å². The van der Waals surface area contributed by atoms with Gasteiger partial charge in [-0.1, -0.05) is 30.3 Å². The molecule has 4 rings (SSSR count). The van der Waals surface area contributed by atoms with E-state index in [1.54, 1.807) is 54.7 Å². The number of rotatable bonds is 5. The zero-order valence-corrected chi connectivity index (χ0v) is 16.4. The minimum Gasteiger partial charge on any atom is -0.508 e. The molecule has 0 fully saturated rings. The SMILES string of the molecule is Cc1[nH]n(-c2ccccc2)c(=O)c1C(N=Cc1ccc(O)cc1)c1ccc(O)cc1. The van der Waals surface area contributed by atoms with E-state index in [0.717, 1.165) is 16.8 Å². The average molecular weight is 399 g/mol. The van der Waals surface area contributed by atoms with Crippen LogP contribution in [0.1, 0.15) is 28.4 Å². The van der Waals surface area contributed by atoms with Crippen molar-refractivity contribution in [2.45, 2.75) is 13.0 Å². The molecule has 0 aliphatic heterocycles. The Hall–Kier alpha value is -4.06. The summed E-state index contributed by atoms with van der Waals surface area (Å²) >= 11 is 0. The number of aryl methyl sites for hydroxylation is 1. The number of H-pyrrole nitrogens is 1. The second kappa shape index (κ2) is 8.13. The van der Waals surface area contributed by atoms with Crippen LogP contribution in [0, 0.1) is 6.92 Å². The Morgan fingerprint density at radius 3 is 2.13 bits per heavy atom. The first-order valence-electron chi connectivity index (χ1n) is 9.51. The molecule has 0 aliphatic rings. The third kappa shape index (κ3) is 3.89. The standard InChI is InChI=1S/C24H21N3O3/c1-16-22(24(30)27(26-16)19-5-3-2-4-6-19)23(18-9-13-21(29)14-10-18)25-15-17-7-11-20(28)12-8-17/h2-15,23,26,28-29H,1H3. The number of hydrogen-bond donors (Lipinski definition) is 3. The first-order valence-corrected chi connectivity index (χ1v) is 9.51. The van der Waals surface area contributed by atoms with Gasteiger partial charge in [0.25, 0.3) is 5.56 Å². The van der Waals surface area contributed by atoms with Gasteiger partial charge in [-0.2, -0.15) is 0 Å². The van der Waals surface area contributed by atoms with Gasteiger partial charge in [-0.15, -0.1) is 0 Å². The molecule has 30 heavy (non-hydrogen) atoms. The molecule has 0 saturated carbocycles. The van der Waals surface area contributed by atoms with E-state index in [9.17, 15) is 15.0 Å². The highest BCUT2D eigenvalue weighted by molar-refractivity contribution is 5.80. The van der Waals surface area contributed by atoms with Crippen molar-refractivity contribution in [1.82, 2.24) is 9.78 Å². The lowest BCUT2D eigenvalue weighted by molar-refractivity contribution is 0.474. The van der Waals surface area contributed by atoms with Crippen molar-refractivity contribution in [3.05, 3.63) is 112 Å². The largest absolute Gasteiger partial charge is 0.508 e. The second-order valence-corrected chi connectivity index (χ2v) is 6.99. The number of nitrogens with zero attached hydrogens (tertiary/aromatic N) is 2. The van der Waals surface area contributed by atoms with E-state index in [2.05, 4.69) is 5.10 Å². The summed E-state index contributed by atoms with van der Waals surface area (Å²) in [5.74, 6) is 0.321. The third-order valence-electron chi connectivity index (χ3n) is 4.88. The fraction of sp³-hybridized carbons (Fsp3) is 0.0833. The highest BCUT2D eigenvalue weighted by Crippen LogP contribution is 2.28. The summed E-state index contributed by atoms with van der Waals surface area (Å²) in [6.45, 7) is 1.85.